The third-order valence-corrected chi connectivity index (χ3v) is 6.40. The molecule has 0 aliphatic carbocycles. The molecule has 0 bridgehead atoms. The second-order valence-corrected chi connectivity index (χ2v) is 8.67. The maximum Gasteiger partial charge on any atom is 0.254 e. The van der Waals surface area contributed by atoms with E-state index in [9.17, 15) is 14.0 Å². The minimum Gasteiger partial charge on any atom is -0.489 e. The number of amides is 2. The first-order valence-electron chi connectivity index (χ1n) is 11.2. The van der Waals surface area contributed by atoms with Crippen LogP contribution in [0.4, 0.5) is 4.39 Å². The van der Waals surface area contributed by atoms with Crippen LogP contribution in [0.1, 0.15) is 63.9 Å². The second kappa shape index (κ2) is 9.28. The Balaban J connectivity index is 1.59. The number of carbonyl (C=O) groups is 2. The standard InChI is InChI=1S/C25H30FN3O3/c1-16-21(17-7-4-3-5-8-17)19-13-18(14-20(22(19)32-16)24(31)27-2)23(30)29-12-10-25(26)9-6-11-28-15-25/h3-5,7-8,13-14,16,21,28H,6,9-12,15H2,1-2H3,(H,27,31)(H,29,30)/t16-,21+,25?/m1/s1. The molecule has 2 aliphatic rings. The van der Waals surface area contributed by atoms with Gasteiger partial charge in [-0.2, -0.15) is 0 Å². The fraction of sp³-hybridized carbons (Fsp3) is 0.440. The molecule has 7 heteroatoms. The molecule has 0 radical (unpaired) electrons. The van der Waals surface area contributed by atoms with Gasteiger partial charge in [0.2, 0.25) is 0 Å². The first kappa shape index (κ1) is 22.3. The van der Waals surface area contributed by atoms with Crippen LogP contribution in [-0.2, 0) is 0 Å². The van der Waals surface area contributed by atoms with Gasteiger partial charge in [-0.05, 0) is 44.0 Å². The molecule has 2 aromatic rings. The molecule has 4 rings (SSSR count). The number of halogens is 1. The van der Waals surface area contributed by atoms with Gasteiger partial charge in [-0.3, -0.25) is 9.59 Å². The average molecular weight is 440 g/mol. The Kier molecular flexibility index (Phi) is 6.46. The largest absolute Gasteiger partial charge is 0.489 e. The molecule has 0 saturated carbocycles. The number of hydrogen-bond acceptors (Lipinski definition) is 4. The predicted molar refractivity (Wildman–Crippen MR) is 121 cm³/mol. The van der Waals surface area contributed by atoms with E-state index in [1.807, 2.05) is 37.3 Å². The molecule has 6 nitrogen and oxygen atoms in total. The summed E-state index contributed by atoms with van der Waals surface area (Å²) in [7, 11) is 1.55. The van der Waals surface area contributed by atoms with E-state index in [0.717, 1.165) is 24.1 Å². The molecule has 0 aromatic heterocycles. The Bertz CT molecular complexity index is 989. The zero-order valence-electron chi connectivity index (χ0n) is 18.5. The lowest BCUT2D eigenvalue weighted by molar-refractivity contribution is 0.0907. The van der Waals surface area contributed by atoms with Gasteiger partial charge in [-0.25, -0.2) is 4.39 Å². The van der Waals surface area contributed by atoms with Crippen molar-refractivity contribution in [3.05, 3.63) is 64.7 Å². The van der Waals surface area contributed by atoms with E-state index in [0.29, 0.717) is 29.8 Å². The Morgan fingerprint density at radius 3 is 2.69 bits per heavy atom. The van der Waals surface area contributed by atoms with Gasteiger partial charge in [0, 0.05) is 43.6 Å². The van der Waals surface area contributed by atoms with Gasteiger partial charge in [0.25, 0.3) is 11.8 Å². The predicted octanol–water partition coefficient (Wildman–Crippen LogP) is 3.17. The summed E-state index contributed by atoms with van der Waals surface area (Å²) >= 11 is 0. The van der Waals surface area contributed by atoms with Crippen molar-refractivity contribution in [2.75, 3.05) is 26.7 Å². The molecule has 3 N–H and O–H groups in total. The van der Waals surface area contributed by atoms with Crippen LogP contribution in [0.5, 0.6) is 5.75 Å². The van der Waals surface area contributed by atoms with E-state index in [2.05, 4.69) is 16.0 Å². The van der Waals surface area contributed by atoms with Crippen LogP contribution in [-0.4, -0.2) is 50.3 Å². The number of ether oxygens (including phenoxy) is 1. The van der Waals surface area contributed by atoms with Crippen molar-refractivity contribution in [3.63, 3.8) is 0 Å². The summed E-state index contributed by atoms with van der Waals surface area (Å²) in [5.74, 6) is -0.215. The lowest BCUT2D eigenvalue weighted by Gasteiger charge is -2.30. The summed E-state index contributed by atoms with van der Waals surface area (Å²) in [5, 5.41) is 8.54. The first-order valence-corrected chi connectivity index (χ1v) is 11.2. The highest BCUT2D eigenvalue weighted by Gasteiger charge is 2.37. The lowest BCUT2D eigenvalue weighted by Crippen LogP contribution is -2.44. The van der Waals surface area contributed by atoms with Crippen molar-refractivity contribution >= 4 is 11.8 Å². The third-order valence-electron chi connectivity index (χ3n) is 6.40. The van der Waals surface area contributed by atoms with E-state index in [1.165, 1.54) is 0 Å². The highest BCUT2D eigenvalue weighted by molar-refractivity contribution is 6.02. The minimum atomic E-state index is -1.29. The number of nitrogens with one attached hydrogen (secondary N) is 3. The van der Waals surface area contributed by atoms with Crippen molar-refractivity contribution in [3.8, 4) is 5.75 Å². The van der Waals surface area contributed by atoms with Crippen LogP contribution in [0, 0.1) is 0 Å². The van der Waals surface area contributed by atoms with Gasteiger partial charge in [0.15, 0.2) is 0 Å². The summed E-state index contributed by atoms with van der Waals surface area (Å²) in [4.78, 5) is 25.5. The van der Waals surface area contributed by atoms with Gasteiger partial charge >= 0.3 is 0 Å². The minimum absolute atomic E-state index is 0.0928. The third kappa shape index (κ3) is 4.48. The molecule has 32 heavy (non-hydrogen) atoms. The first-order chi connectivity index (χ1) is 15.4. The van der Waals surface area contributed by atoms with E-state index in [4.69, 9.17) is 4.74 Å². The van der Waals surface area contributed by atoms with Crippen LogP contribution in [0.2, 0.25) is 0 Å². The zero-order chi connectivity index (χ0) is 22.7. The van der Waals surface area contributed by atoms with Crippen molar-refractivity contribution in [1.29, 1.82) is 0 Å². The van der Waals surface area contributed by atoms with Crippen molar-refractivity contribution in [2.24, 2.45) is 0 Å². The highest BCUT2D eigenvalue weighted by Crippen LogP contribution is 2.44. The Morgan fingerprint density at radius 2 is 2.00 bits per heavy atom. The number of alkyl halides is 1. The monoisotopic (exact) mass is 439 g/mol. The summed E-state index contributed by atoms with van der Waals surface area (Å²) in [5.41, 5.74) is 1.28. The summed E-state index contributed by atoms with van der Waals surface area (Å²) in [6.07, 6.45) is 1.37. The van der Waals surface area contributed by atoms with Gasteiger partial charge in [-0.1, -0.05) is 30.3 Å². The molecule has 2 aliphatic heterocycles. The molecular formula is C25H30FN3O3. The molecular weight excluding hydrogens is 409 g/mol. The zero-order valence-corrected chi connectivity index (χ0v) is 18.5. The van der Waals surface area contributed by atoms with Crippen LogP contribution in [0.25, 0.3) is 0 Å². The maximum absolute atomic E-state index is 14.8. The highest BCUT2D eigenvalue weighted by atomic mass is 19.1. The fourth-order valence-corrected chi connectivity index (χ4v) is 4.71. The topological polar surface area (TPSA) is 79.5 Å². The average Bonchev–Trinajstić information content (AvgIpc) is 3.14. The molecule has 1 saturated heterocycles. The SMILES string of the molecule is CNC(=O)c1cc(C(=O)NCCC2(F)CCCNC2)cc2c1O[C@H](C)[C@H]2c1ccccc1. The Morgan fingerprint density at radius 1 is 1.22 bits per heavy atom. The Labute approximate surface area is 187 Å². The molecule has 170 valence electrons. The summed E-state index contributed by atoms with van der Waals surface area (Å²) in [6, 6.07) is 13.3. The van der Waals surface area contributed by atoms with E-state index >= 15 is 0 Å². The molecule has 1 unspecified atom stereocenters. The Hall–Kier alpha value is -2.93. The number of carbonyl (C=O) groups excluding carboxylic acids is 2. The van der Waals surface area contributed by atoms with Crippen LogP contribution in [0.3, 0.4) is 0 Å². The van der Waals surface area contributed by atoms with Gasteiger partial charge in [-0.15, -0.1) is 0 Å². The maximum atomic E-state index is 14.8. The number of hydrogen-bond donors (Lipinski definition) is 3. The quantitative estimate of drug-likeness (QED) is 0.646. The number of piperidine rings is 1. The lowest BCUT2D eigenvalue weighted by atomic mass is 9.87. The fourth-order valence-electron chi connectivity index (χ4n) is 4.71. The summed E-state index contributed by atoms with van der Waals surface area (Å²) < 4.78 is 20.9. The molecule has 3 atom stereocenters. The van der Waals surface area contributed by atoms with E-state index in [1.54, 1.807) is 19.2 Å². The number of rotatable bonds is 6. The van der Waals surface area contributed by atoms with Crippen LogP contribution < -0.4 is 20.7 Å². The normalized spacial score (nSPS) is 24.3. The van der Waals surface area contributed by atoms with Crippen molar-refractivity contribution in [2.45, 2.75) is 43.9 Å². The molecule has 2 heterocycles. The van der Waals surface area contributed by atoms with Crippen molar-refractivity contribution in [1.82, 2.24) is 16.0 Å². The van der Waals surface area contributed by atoms with Gasteiger partial charge < -0.3 is 20.7 Å². The second-order valence-electron chi connectivity index (χ2n) is 8.67. The molecule has 2 aromatic carbocycles. The smallest absolute Gasteiger partial charge is 0.254 e. The summed E-state index contributed by atoms with van der Waals surface area (Å²) in [6.45, 7) is 3.34. The number of benzene rings is 2. The number of fused-ring (bicyclic) bond motifs is 1. The van der Waals surface area contributed by atoms with E-state index in [-0.39, 0.29) is 36.8 Å². The molecule has 2 amide bonds. The van der Waals surface area contributed by atoms with Gasteiger partial charge in [0.1, 0.15) is 17.5 Å². The molecule has 0 spiro atoms. The van der Waals surface area contributed by atoms with Gasteiger partial charge in [0.05, 0.1) is 5.56 Å². The van der Waals surface area contributed by atoms with Crippen LogP contribution >= 0.6 is 0 Å². The van der Waals surface area contributed by atoms with Crippen LogP contribution in [0.15, 0.2) is 42.5 Å². The molecule has 1 fully saturated rings. The van der Waals surface area contributed by atoms with Crippen molar-refractivity contribution < 1.29 is 18.7 Å². The van der Waals surface area contributed by atoms with E-state index < -0.39 is 5.67 Å².